The minimum absolute atomic E-state index is 0.00164. The van der Waals surface area contributed by atoms with Crippen LogP contribution in [0.2, 0.25) is 0 Å². The van der Waals surface area contributed by atoms with E-state index in [1.807, 2.05) is 0 Å². The number of carbonyl (C=O) groups is 1. The average Bonchev–Trinajstić information content (AvgIpc) is 2.44. The van der Waals surface area contributed by atoms with Gasteiger partial charge < -0.3 is 15.8 Å². The van der Waals surface area contributed by atoms with E-state index in [0.29, 0.717) is 6.61 Å². The number of nitrogens with two attached hydrogens (primary N) is 1. The highest BCUT2D eigenvalue weighted by atomic mass is 19.1. The van der Waals surface area contributed by atoms with Crippen molar-refractivity contribution in [3.8, 4) is 5.75 Å². The number of benzene rings is 2. The molecule has 1 amide bonds. The summed E-state index contributed by atoms with van der Waals surface area (Å²) in [4.78, 5) is 12.1. The van der Waals surface area contributed by atoms with Gasteiger partial charge in [0.2, 0.25) is 0 Å². The van der Waals surface area contributed by atoms with E-state index < -0.39 is 17.5 Å². The van der Waals surface area contributed by atoms with Crippen LogP contribution in [0.15, 0.2) is 36.4 Å². The van der Waals surface area contributed by atoms with Crippen LogP contribution in [-0.2, 0) is 0 Å². The highest BCUT2D eigenvalue weighted by molar-refractivity contribution is 6.08. The first-order valence-corrected chi connectivity index (χ1v) is 6.30. The fourth-order valence-electron chi connectivity index (χ4n) is 1.79. The Labute approximate surface area is 120 Å². The number of nitrogen functional groups attached to an aromatic ring is 1. The lowest BCUT2D eigenvalue weighted by atomic mass is 10.1. The fraction of sp³-hybridized carbons (Fsp3) is 0.133. The van der Waals surface area contributed by atoms with E-state index in [4.69, 9.17) is 10.5 Å². The minimum Gasteiger partial charge on any atom is -0.492 e. The number of halogens is 2. The van der Waals surface area contributed by atoms with E-state index in [9.17, 15) is 13.6 Å². The molecule has 2 rings (SSSR count). The molecule has 2 aromatic carbocycles. The molecule has 0 aliphatic rings. The van der Waals surface area contributed by atoms with Gasteiger partial charge in [0, 0.05) is 11.8 Å². The summed E-state index contributed by atoms with van der Waals surface area (Å²) in [6, 6.07) is 7.22. The third kappa shape index (κ3) is 3.47. The fourth-order valence-corrected chi connectivity index (χ4v) is 1.79. The molecule has 0 aliphatic heterocycles. The topological polar surface area (TPSA) is 64.3 Å². The van der Waals surface area contributed by atoms with Gasteiger partial charge in [0.05, 0.1) is 17.9 Å². The second-order valence-corrected chi connectivity index (χ2v) is 4.26. The first kappa shape index (κ1) is 14.8. The van der Waals surface area contributed by atoms with Crippen LogP contribution < -0.4 is 15.8 Å². The van der Waals surface area contributed by atoms with Crippen LogP contribution >= 0.6 is 0 Å². The van der Waals surface area contributed by atoms with Crippen molar-refractivity contribution >= 4 is 17.3 Å². The Kier molecular flexibility index (Phi) is 4.37. The Hall–Kier alpha value is -2.63. The molecule has 21 heavy (non-hydrogen) atoms. The third-order valence-electron chi connectivity index (χ3n) is 2.75. The van der Waals surface area contributed by atoms with E-state index >= 15 is 0 Å². The number of ether oxygens (including phenoxy) is 1. The highest BCUT2D eigenvalue weighted by Crippen LogP contribution is 2.26. The zero-order chi connectivity index (χ0) is 15.4. The second kappa shape index (κ2) is 6.21. The van der Waals surface area contributed by atoms with Crippen LogP contribution in [-0.4, -0.2) is 12.5 Å². The van der Waals surface area contributed by atoms with E-state index in [2.05, 4.69) is 5.32 Å². The van der Waals surface area contributed by atoms with Gasteiger partial charge in [-0.05, 0) is 37.3 Å². The van der Waals surface area contributed by atoms with Gasteiger partial charge in [-0.3, -0.25) is 4.79 Å². The Bertz CT molecular complexity index is 675. The van der Waals surface area contributed by atoms with Crippen molar-refractivity contribution in [3.05, 3.63) is 53.6 Å². The van der Waals surface area contributed by atoms with Crippen molar-refractivity contribution in [3.63, 3.8) is 0 Å². The Morgan fingerprint density at radius 1 is 1.19 bits per heavy atom. The molecule has 4 nitrogen and oxygen atoms in total. The molecule has 0 aliphatic carbocycles. The number of nitrogens with one attached hydrogen (secondary N) is 1. The first-order valence-electron chi connectivity index (χ1n) is 6.30. The average molecular weight is 292 g/mol. The smallest absolute Gasteiger partial charge is 0.257 e. The molecule has 2 aromatic rings. The molecule has 3 N–H and O–H groups in total. The molecule has 0 aromatic heterocycles. The summed E-state index contributed by atoms with van der Waals surface area (Å²) in [6.45, 7) is 2.05. The van der Waals surface area contributed by atoms with Crippen LogP contribution in [0, 0.1) is 11.6 Å². The van der Waals surface area contributed by atoms with Crippen LogP contribution in [0.4, 0.5) is 20.2 Å². The van der Waals surface area contributed by atoms with Crippen molar-refractivity contribution in [2.24, 2.45) is 0 Å². The lowest BCUT2D eigenvalue weighted by molar-refractivity contribution is 0.102. The molecule has 0 atom stereocenters. The molecule has 0 unspecified atom stereocenters. The first-order chi connectivity index (χ1) is 10.0. The van der Waals surface area contributed by atoms with E-state index in [0.717, 1.165) is 18.2 Å². The third-order valence-corrected chi connectivity index (χ3v) is 2.75. The molecule has 0 spiro atoms. The van der Waals surface area contributed by atoms with E-state index in [1.165, 1.54) is 18.2 Å². The summed E-state index contributed by atoms with van der Waals surface area (Å²) < 4.78 is 31.6. The molecular formula is C15H14F2N2O2. The van der Waals surface area contributed by atoms with Gasteiger partial charge >= 0.3 is 0 Å². The maximum absolute atomic E-state index is 13.2. The number of rotatable bonds is 4. The molecule has 0 heterocycles. The SMILES string of the molecule is CCOc1cc(F)ccc1NC(=O)c1cc(F)ccc1N. The van der Waals surface area contributed by atoms with Crippen molar-refractivity contribution in [1.29, 1.82) is 0 Å². The summed E-state index contributed by atoms with van der Waals surface area (Å²) in [7, 11) is 0. The van der Waals surface area contributed by atoms with Crippen LogP contribution in [0.5, 0.6) is 5.75 Å². The standard InChI is InChI=1S/C15H14F2N2O2/c1-2-21-14-8-10(17)4-6-13(14)19-15(20)11-7-9(16)3-5-12(11)18/h3-8H,2,18H2,1H3,(H,19,20). The Balaban J connectivity index is 2.29. The summed E-state index contributed by atoms with van der Waals surface area (Å²) in [5.74, 6) is -1.46. The molecule has 6 heteroatoms. The van der Waals surface area contributed by atoms with Crippen LogP contribution in [0.1, 0.15) is 17.3 Å². The minimum atomic E-state index is -0.598. The van der Waals surface area contributed by atoms with Crippen LogP contribution in [0.25, 0.3) is 0 Å². The van der Waals surface area contributed by atoms with Crippen LogP contribution in [0.3, 0.4) is 0 Å². The van der Waals surface area contributed by atoms with Crippen molar-refractivity contribution in [2.45, 2.75) is 6.92 Å². The van der Waals surface area contributed by atoms with Gasteiger partial charge in [-0.2, -0.15) is 0 Å². The lowest BCUT2D eigenvalue weighted by Gasteiger charge is -2.12. The van der Waals surface area contributed by atoms with Gasteiger partial charge in [0.15, 0.2) is 0 Å². The van der Waals surface area contributed by atoms with Crippen molar-refractivity contribution in [1.82, 2.24) is 0 Å². The quantitative estimate of drug-likeness (QED) is 0.851. The molecule has 0 saturated carbocycles. The van der Waals surface area contributed by atoms with E-state index in [1.54, 1.807) is 6.92 Å². The molecule has 110 valence electrons. The molecule has 0 bridgehead atoms. The van der Waals surface area contributed by atoms with Crippen molar-refractivity contribution < 1.29 is 18.3 Å². The summed E-state index contributed by atoms with van der Waals surface area (Å²) in [6.07, 6.45) is 0. The van der Waals surface area contributed by atoms with Gasteiger partial charge in [0.1, 0.15) is 17.4 Å². The lowest BCUT2D eigenvalue weighted by Crippen LogP contribution is -2.15. The monoisotopic (exact) mass is 292 g/mol. The number of anilines is 2. The summed E-state index contributed by atoms with van der Waals surface area (Å²) in [5, 5.41) is 2.53. The molecule has 0 radical (unpaired) electrons. The zero-order valence-corrected chi connectivity index (χ0v) is 11.3. The predicted molar refractivity (Wildman–Crippen MR) is 76.3 cm³/mol. The number of amides is 1. The maximum atomic E-state index is 13.2. The maximum Gasteiger partial charge on any atom is 0.257 e. The van der Waals surface area contributed by atoms with Gasteiger partial charge in [0.25, 0.3) is 5.91 Å². The number of carbonyl (C=O) groups excluding carboxylic acids is 1. The summed E-state index contributed by atoms with van der Waals surface area (Å²) in [5.41, 5.74) is 6.08. The van der Waals surface area contributed by atoms with Gasteiger partial charge in [-0.1, -0.05) is 0 Å². The second-order valence-electron chi connectivity index (χ2n) is 4.26. The molecular weight excluding hydrogens is 278 g/mol. The number of hydrogen-bond acceptors (Lipinski definition) is 3. The molecule has 0 fully saturated rings. The zero-order valence-electron chi connectivity index (χ0n) is 11.3. The van der Waals surface area contributed by atoms with Crippen molar-refractivity contribution in [2.75, 3.05) is 17.7 Å². The Morgan fingerprint density at radius 3 is 2.57 bits per heavy atom. The predicted octanol–water partition coefficient (Wildman–Crippen LogP) is 3.20. The number of hydrogen-bond donors (Lipinski definition) is 2. The van der Waals surface area contributed by atoms with E-state index in [-0.39, 0.29) is 22.7 Å². The largest absolute Gasteiger partial charge is 0.492 e. The summed E-state index contributed by atoms with van der Waals surface area (Å²) >= 11 is 0. The van der Waals surface area contributed by atoms with Gasteiger partial charge in [-0.15, -0.1) is 0 Å². The Morgan fingerprint density at radius 2 is 1.86 bits per heavy atom. The normalized spacial score (nSPS) is 10.2. The highest BCUT2D eigenvalue weighted by Gasteiger charge is 2.14. The molecule has 0 saturated heterocycles. The van der Waals surface area contributed by atoms with Gasteiger partial charge in [-0.25, -0.2) is 8.78 Å².